The fourth-order valence-corrected chi connectivity index (χ4v) is 4.07. The molecule has 2 aromatic carbocycles. The third-order valence-electron chi connectivity index (χ3n) is 5.42. The van der Waals surface area contributed by atoms with Crippen LogP contribution in [0.1, 0.15) is 24.4 Å². The minimum Gasteiger partial charge on any atom is -0.351 e. The second-order valence-electron chi connectivity index (χ2n) is 7.89. The van der Waals surface area contributed by atoms with Gasteiger partial charge in [0.1, 0.15) is 17.9 Å². The van der Waals surface area contributed by atoms with Crippen LogP contribution in [0.3, 0.4) is 0 Å². The summed E-state index contributed by atoms with van der Waals surface area (Å²) >= 11 is 6.37. The molecule has 176 valence electrons. The summed E-state index contributed by atoms with van der Waals surface area (Å²) in [6.45, 7) is -0.135. The smallest absolute Gasteiger partial charge is 0.252 e. The minimum absolute atomic E-state index is 0.0592. The fourth-order valence-electron chi connectivity index (χ4n) is 3.83. The van der Waals surface area contributed by atoms with Crippen LogP contribution in [0, 0.1) is 5.82 Å². The molecule has 1 saturated carbocycles. The van der Waals surface area contributed by atoms with Crippen LogP contribution >= 0.6 is 11.6 Å². The second kappa shape index (κ2) is 9.68. The van der Waals surface area contributed by atoms with E-state index in [1.165, 1.54) is 24.3 Å². The first kappa shape index (κ1) is 23.5. The van der Waals surface area contributed by atoms with Crippen molar-refractivity contribution >= 4 is 29.1 Å². The highest BCUT2D eigenvalue weighted by molar-refractivity contribution is 6.31. The third-order valence-corrected chi connectivity index (χ3v) is 5.76. The van der Waals surface area contributed by atoms with Gasteiger partial charge in [0.25, 0.3) is 5.92 Å². The van der Waals surface area contributed by atoms with Crippen molar-refractivity contribution in [3.8, 4) is 0 Å². The van der Waals surface area contributed by atoms with Crippen molar-refractivity contribution in [2.75, 3.05) is 18.3 Å². The lowest BCUT2D eigenvalue weighted by molar-refractivity contribution is -0.172. The van der Waals surface area contributed by atoms with Gasteiger partial charge in [0.05, 0.1) is 6.61 Å². The van der Waals surface area contributed by atoms with Crippen molar-refractivity contribution < 1.29 is 32.3 Å². The van der Waals surface area contributed by atoms with E-state index in [1.54, 1.807) is 18.2 Å². The summed E-state index contributed by atoms with van der Waals surface area (Å²) in [6.07, 6.45) is -1.01. The molecule has 0 aromatic heterocycles. The Bertz CT molecular complexity index is 1030. The van der Waals surface area contributed by atoms with Crippen molar-refractivity contribution in [1.29, 1.82) is 0 Å². The van der Waals surface area contributed by atoms with Gasteiger partial charge < -0.3 is 10.1 Å². The second-order valence-corrected chi connectivity index (χ2v) is 8.29. The first-order valence-electron chi connectivity index (χ1n) is 10.2. The zero-order chi connectivity index (χ0) is 23.6. The van der Waals surface area contributed by atoms with Gasteiger partial charge >= 0.3 is 0 Å². The topological polar surface area (TPSA) is 79.9 Å². The highest BCUT2D eigenvalue weighted by Gasteiger charge is 2.47. The molecule has 11 heteroatoms. The molecule has 33 heavy (non-hydrogen) atoms. The van der Waals surface area contributed by atoms with Crippen molar-refractivity contribution in [2.24, 2.45) is 0 Å². The van der Waals surface area contributed by atoms with Crippen LogP contribution in [-0.2, 0) is 19.2 Å². The minimum atomic E-state index is -2.85. The van der Waals surface area contributed by atoms with E-state index in [0.717, 1.165) is 11.0 Å². The van der Waals surface area contributed by atoms with E-state index in [9.17, 15) is 22.8 Å². The number of hydrogen-bond acceptors (Lipinski definition) is 5. The van der Waals surface area contributed by atoms with E-state index < -0.39 is 54.5 Å². The van der Waals surface area contributed by atoms with Crippen LogP contribution in [0.15, 0.2) is 48.5 Å². The van der Waals surface area contributed by atoms with Gasteiger partial charge in [-0.05, 0) is 24.3 Å². The number of hydrogen-bond donors (Lipinski definition) is 2. The summed E-state index contributed by atoms with van der Waals surface area (Å²) in [5.41, 5.74) is 2.87. The predicted octanol–water partition coefficient (Wildman–Crippen LogP) is 3.34. The average Bonchev–Trinajstić information content (AvgIpc) is 2.77. The first-order chi connectivity index (χ1) is 15.7. The Labute approximate surface area is 192 Å². The number of halogens is 4. The zero-order valence-electron chi connectivity index (χ0n) is 17.3. The molecule has 1 aliphatic carbocycles. The number of hydroxylamine groups is 1. The largest absolute Gasteiger partial charge is 0.351 e. The summed E-state index contributed by atoms with van der Waals surface area (Å²) in [4.78, 5) is 33.0. The number of nitrogens with one attached hydrogen (secondary N) is 2. The van der Waals surface area contributed by atoms with Crippen LogP contribution in [0.25, 0.3) is 0 Å². The average molecular weight is 484 g/mol. The molecule has 0 spiro atoms. The summed E-state index contributed by atoms with van der Waals surface area (Å²) in [7, 11) is 0. The van der Waals surface area contributed by atoms with Gasteiger partial charge in [-0.15, -0.1) is 0 Å². The number of carbonyl (C=O) groups is 2. The molecule has 1 saturated heterocycles. The molecular weight excluding hydrogens is 463 g/mol. The Hall–Kier alpha value is -2.66. The molecule has 2 amide bonds. The summed E-state index contributed by atoms with van der Waals surface area (Å²) in [5.74, 6) is -4.86. The van der Waals surface area contributed by atoms with Crippen LogP contribution in [-0.4, -0.2) is 43.2 Å². The number of benzene rings is 2. The lowest BCUT2D eigenvalue weighted by atomic mass is 9.87. The molecule has 2 aromatic rings. The SMILES string of the molecule is O=C(NC1CC(F)(F)C1)[C@H](c1ccccc1Cl)N(C(=O)[C@@H]1COCON1)c1cccc(F)c1. The Kier molecular flexibility index (Phi) is 6.89. The van der Waals surface area contributed by atoms with Crippen LogP contribution in [0.4, 0.5) is 18.9 Å². The zero-order valence-corrected chi connectivity index (χ0v) is 18.0. The Morgan fingerprint density at radius 2 is 1.94 bits per heavy atom. The molecule has 2 N–H and O–H groups in total. The van der Waals surface area contributed by atoms with Gasteiger partial charge in [-0.1, -0.05) is 35.9 Å². The Balaban J connectivity index is 1.75. The van der Waals surface area contributed by atoms with Crippen LogP contribution in [0.2, 0.25) is 5.02 Å². The van der Waals surface area contributed by atoms with E-state index in [2.05, 4.69) is 10.8 Å². The molecule has 1 aliphatic heterocycles. The van der Waals surface area contributed by atoms with Gasteiger partial charge in [-0.3, -0.25) is 19.3 Å². The molecule has 2 atom stereocenters. The molecular formula is C22H21ClF3N3O4. The van der Waals surface area contributed by atoms with Gasteiger partial charge in [0, 0.05) is 35.2 Å². The molecule has 2 aliphatic rings. The lowest BCUT2D eigenvalue weighted by Gasteiger charge is -2.39. The number of amides is 2. The number of carbonyl (C=O) groups excluding carboxylic acids is 2. The number of nitrogens with zero attached hydrogens (tertiary/aromatic N) is 1. The van der Waals surface area contributed by atoms with E-state index in [4.69, 9.17) is 21.2 Å². The Morgan fingerprint density at radius 3 is 2.58 bits per heavy atom. The van der Waals surface area contributed by atoms with Crippen molar-refractivity contribution in [3.63, 3.8) is 0 Å². The van der Waals surface area contributed by atoms with Crippen molar-refractivity contribution in [1.82, 2.24) is 10.8 Å². The lowest BCUT2D eigenvalue weighted by Crippen LogP contribution is -2.57. The molecule has 7 nitrogen and oxygen atoms in total. The molecule has 2 fully saturated rings. The van der Waals surface area contributed by atoms with E-state index >= 15 is 0 Å². The maximum atomic E-state index is 14.1. The van der Waals surface area contributed by atoms with E-state index in [-0.39, 0.29) is 29.7 Å². The molecule has 0 unspecified atom stereocenters. The summed E-state index contributed by atoms with van der Waals surface area (Å²) in [5, 5.41) is 2.75. The molecule has 1 heterocycles. The fraction of sp³-hybridized carbons (Fsp3) is 0.364. The predicted molar refractivity (Wildman–Crippen MR) is 113 cm³/mol. The quantitative estimate of drug-likeness (QED) is 0.659. The summed E-state index contributed by atoms with van der Waals surface area (Å²) in [6, 6.07) is 8.34. The standard InChI is InChI=1S/C22H21ClF3N3O4/c23-17-7-2-1-6-16(17)19(20(30)27-14-9-22(25,26)10-14)29(15-5-3-4-13(24)8-15)21(31)18-11-32-12-33-28-18/h1-8,14,18-19,28H,9-12H2,(H,27,30)/t18-,19-/m0/s1. The molecule has 4 rings (SSSR count). The van der Waals surface area contributed by atoms with Crippen molar-refractivity contribution in [2.45, 2.75) is 36.9 Å². The number of rotatable bonds is 6. The Morgan fingerprint density at radius 1 is 1.18 bits per heavy atom. The maximum absolute atomic E-state index is 14.1. The number of anilines is 1. The highest BCUT2D eigenvalue weighted by Crippen LogP contribution is 2.39. The molecule has 0 bridgehead atoms. The normalized spacial score (nSPS) is 21.0. The van der Waals surface area contributed by atoms with E-state index in [1.807, 2.05) is 0 Å². The van der Waals surface area contributed by atoms with Gasteiger partial charge in [0.2, 0.25) is 11.8 Å². The maximum Gasteiger partial charge on any atom is 0.252 e. The highest BCUT2D eigenvalue weighted by atomic mass is 35.5. The van der Waals surface area contributed by atoms with Crippen molar-refractivity contribution in [3.05, 3.63) is 64.9 Å². The summed E-state index contributed by atoms with van der Waals surface area (Å²) < 4.78 is 46.0. The monoisotopic (exact) mass is 483 g/mol. The van der Waals surface area contributed by atoms with Gasteiger partial charge in [-0.25, -0.2) is 13.2 Å². The number of ether oxygens (including phenoxy) is 1. The first-order valence-corrected chi connectivity index (χ1v) is 10.6. The molecule has 0 radical (unpaired) electrons. The van der Waals surface area contributed by atoms with Crippen LogP contribution < -0.4 is 15.7 Å². The van der Waals surface area contributed by atoms with Gasteiger partial charge in [-0.2, -0.15) is 5.48 Å². The van der Waals surface area contributed by atoms with E-state index in [0.29, 0.717) is 0 Å². The third kappa shape index (κ3) is 5.30. The van der Waals surface area contributed by atoms with Crippen LogP contribution in [0.5, 0.6) is 0 Å². The number of alkyl halides is 2. The van der Waals surface area contributed by atoms with Gasteiger partial charge in [0.15, 0.2) is 6.79 Å².